The second-order valence-corrected chi connectivity index (χ2v) is 14.1. The van der Waals surface area contributed by atoms with Crippen molar-refractivity contribution in [1.29, 1.82) is 0 Å². The molecule has 0 N–H and O–H groups in total. The van der Waals surface area contributed by atoms with Gasteiger partial charge in [0.05, 0.1) is 29.4 Å². The molecule has 8 nitrogen and oxygen atoms in total. The van der Waals surface area contributed by atoms with E-state index in [0.717, 1.165) is 44.4 Å². The molecule has 0 atom stereocenters. The van der Waals surface area contributed by atoms with Crippen molar-refractivity contribution in [3.05, 3.63) is 171 Å². The van der Waals surface area contributed by atoms with E-state index in [9.17, 15) is 13.2 Å². The monoisotopic (exact) mass is 688 g/mol. The second kappa shape index (κ2) is 14.8. The number of aromatic nitrogens is 1. The minimum atomic E-state index is -3.72. The maximum Gasteiger partial charge on any atom is 0.337 e. The number of rotatable bonds is 12. The number of halogens is 1. The molecule has 0 saturated carbocycles. The molecular weight excluding hydrogens is 656 g/mol. The summed E-state index contributed by atoms with van der Waals surface area (Å²) in [5.74, 6) is -0.590. The fraction of sp³-hybridized carbons (Fsp3) is 0.154. The number of benzene rings is 5. The van der Waals surface area contributed by atoms with Gasteiger partial charge in [0.15, 0.2) is 9.84 Å². The van der Waals surface area contributed by atoms with Gasteiger partial charge in [-0.25, -0.2) is 13.2 Å². The summed E-state index contributed by atoms with van der Waals surface area (Å²) in [5.41, 5.74) is 15.8. The quantitative estimate of drug-likeness (QED) is 0.0552. The third-order valence-corrected chi connectivity index (χ3v) is 10.6. The fourth-order valence-corrected chi connectivity index (χ4v) is 7.80. The number of sulfone groups is 1. The zero-order chi connectivity index (χ0) is 34.4. The molecule has 0 fully saturated rings. The van der Waals surface area contributed by atoms with Gasteiger partial charge in [0.25, 0.3) is 0 Å². The molecule has 1 heterocycles. The summed E-state index contributed by atoms with van der Waals surface area (Å²) in [6, 6.07) is 39.4. The number of aryl methyl sites for hydroxylation is 1. The fourth-order valence-electron chi connectivity index (χ4n) is 6.37. The molecular formula is C39H33ClN4O4S. The van der Waals surface area contributed by atoms with Crippen molar-refractivity contribution in [3.63, 3.8) is 0 Å². The van der Waals surface area contributed by atoms with E-state index in [0.29, 0.717) is 17.0 Å². The molecule has 0 bridgehead atoms. The van der Waals surface area contributed by atoms with Crippen LogP contribution in [0.15, 0.2) is 137 Å². The van der Waals surface area contributed by atoms with E-state index in [4.69, 9.17) is 21.9 Å². The van der Waals surface area contributed by atoms with Gasteiger partial charge in [-0.05, 0) is 88.7 Å². The van der Waals surface area contributed by atoms with Gasteiger partial charge in [-0.2, -0.15) is 0 Å². The third kappa shape index (κ3) is 7.25. The molecule has 49 heavy (non-hydrogen) atoms. The lowest BCUT2D eigenvalue weighted by Crippen LogP contribution is -2.17. The summed E-state index contributed by atoms with van der Waals surface area (Å²) in [4.78, 5) is 15.2. The number of carbonyl (C=O) groups is 1. The molecule has 0 unspecified atom stereocenters. The van der Waals surface area contributed by atoms with Crippen molar-refractivity contribution >= 4 is 38.3 Å². The number of nitrogens with zero attached hydrogens (tertiary/aromatic N) is 4. The number of ether oxygens (including phenoxy) is 1. The standard InChI is InChI=1S/C39H33ClN4O4S/c1-48-39(45)31-14-8-13-30(25-31)27-15-18-33(19-16-27)49(46,47)24-22-34-35-26-32(40)17-20-36(35)44(37(34)21-23-42-43-41)38(28-9-4-2-5-10-28)29-11-6-3-7-12-29/h2-20,25-26,38H,21-24H2,1H3. The average Bonchev–Trinajstić information content (AvgIpc) is 3.43. The lowest BCUT2D eigenvalue weighted by Gasteiger charge is -2.25. The summed E-state index contributed by atoms with van der Waals surface area (Å²) in [6.45, 7) is 0.204. The number of carbonyl (C=O) groups excluding carboxylic acids is 1. The number of hydrogen-bond donors (Lipinski definition) is 0. The van der Waals surface area contributed by atoms with Gasteiger partial charge in [-0.1, -0.05) is 102 Å². The molecule has 246 valence electrons. The van der Waals surface area contributed by atoms with Crippen molar-refractivity contribution in [1.82, 2.24) is 4.57 Å². The minimum Gasteiger partial charge on any atom is -0.465 e. The Balaban J connectivity index is 1.41. The van der Waals surface area contributed by atoms with Crippen molar-refractivity contribution in [3.8, 4) is 11.1 Å². The SMILES string of the molecule is COC(=O)c1cccc(-c2ccc(S(=O)(=O)CCc3c(CCN=[N+]=[N-])n(C(c4ccccc4)c4ccccc4)c4ccc(Cl)cc34)cc2)c1. The van der Waals surface area contributed by atoms with Gasteiger partial charge in [0, 0.05) is 33.1 Å². The zero-order valence-corrected chi connectivity index (χ0v) is 28.3. The summed E-state index contributed by atoms with van der Waals surface area (Å²) >= 11 is 6.56. The van der Waals surface area contributed by atoms with Crippen LogP contribution in [0, 0.1) is 0 Å². The summed E-state index contributed by atoms with van der Waals surface area (Å²) < 4.78 is 34.7. The molecule has 0 amide bonds. The first-order chi connectivity index (χ1) is 23.8. The van der Waals surface area contributed by atoms with Crippen molar-refractivity contribution in [2.45, 2.75) is 23.8 Å². The van der Waals surface area contributed by atoms with Gasteiger partial charge in [-0.3, -0.25) is 0 Å². The van der Waals surface area contributed by atoms with Crippen LogP contribution in [0.2, 0.25) is 5.02 Å². The number of esters is 1. The molecule has 0 radical (unpaired) electrons. The Morgan fingerprint density at radius 1 is 0.837 bits per heavy atom. The predicted octanol–water partition coefficient (Wildman–Crippen LogP) is 9.26. The smallest absolute Gasteiger partial charge is 0.337 e. The molecule has 0 saturated heterocycles. The molecule has 5 aromatic carbocycles. The zero-order valence-electron chi connectivity index (χ0n) is 26.7. The summed E-state index contributed by atoms with van der Waals surface area (Å²) in [6.07, 6.45) is 0.623. The van der Waals surface area contributed by atoms with Crippen LogP contribution < -0.4 is 0 Å². The van der Waals surface area contributed by atoms with Gasteiger partial charge in [-0.15, -0.1) is 0 Å². The normalized spacial score (nSPS) is 11.4. The first-order valence-corrected chi connectivity index (χ1v) is 17.8. The highest BCUT2D eigenvalue weighted by Crippen LogP contribution is 2.38. The van der Waals surface area contributed by atoms with Crippen LogP contribution in [0.4, 0.5) is 0 Å². The summed E-state index contributed by atoms with van der Waals surface area (Å²) in [5, 5.41) is 5.25. The number of azide groups is 1. The maximum absolute atomic E-state index is 13.8. The first-order valence-electron chi connectivity index (χ1n) is 15.7. The number of hydrogen-bond acceptors (Lipinski definition) is 5. The molecule has 1 aromatic heterocycles. The van der Waals surface area contributed by atoms with E-state index in [1.54, 1.807) is 42.5 Å². The Labute approximate surface area is 290 Å². The molecule has 0 aliphatic rings. The van der Waals surface area contributed by atoms with Gasteiger partial charge >= 0.3 is 5.97 Å². The molecule has 0 aliphatic carbocycles. The van der Waals surface area contributed by atoms with E-state index in [-0.39, 0.29) is 29.7 Å². The van der Waals surface area contributed by atoms with Crippen LogP contribution in [0.3, 0.4) is 0 Å². The predicted molar refractivity (Wildman–Crippen MR) is 194 cm³/mol. The Morgan fingerprint density at radius 3 is 2.14 bits per heavy atom. The topological polar surface area (TPSA) is 114 Å². The van der Waals surface area contributed by atoms with E-state index in [2.05, 4.69) is 38.9 Å². The molecule has 10 heteroatoms. The average molecular weight is 689 g/mol. The van der Waals surface area contributed by atoms with Crippen molar-refractivity contribution < 1.29 is 17.9 Å². The largest absolute Gasteiger partial charge is 0.465 e. The molecule has 6 rings (SSSR count). The number of fused-ring (bicyclic) bond motifs is 1. The Morgan fingerprint density at radius 2 is 1.51 bits per heavy atom. The van der Waals surface area contributed by atoms with Crippen LogP contribution in [-0.2, 0) is 27.4 Å². The van der Waals surface area contributed by atoms with Crippen LogP contribution in [0.1, 0.15) is 38.8 Å². The van der Waals surface area contributed by atoms with E-state index < -0.39 is 15.8 Å². The Bertz CT molecular complexity index is 2230. The lowest BCUT2D eigenvalue weighted by atomic mass is 9.97. The Hall–Kier alpha value is -5.34. The minimum absolute atomic E-state index is 0.147. The van der Waals surface area contributed by atoms with E-state index >= 15 is 0 Å². The van der Waals surface area contributed by atoms with Crippen LogP contribution in [0.25, 0.3) is 32.5 Å². The third-order valence-electron chi connectivity index (χ3n) is 8.63. The van der Waals surface area contributed by atoms with E-state index in [1.165, 1.54) is 7.11 Å². The Kier molecular flexibility index (Phi) is 10.2. The van der Waals surface area contributed by atoms with Crippen molar-refractivity contribution in [2.24, 2.45) is 5.11 Å². The molecule has 0 aliphatic heterocycles. The van der Waals surface area contributed by atoms with Gasteiger partial charge in [0.1, 0.15) is 0 Å². The highest BCUT2D eigenvalue weighted by Gasteiger charge is 2.26. The van der Waals surface area contributed by atoms with Gasteiger partial charge in [0.2, 0.25) is 0 Å². The second-order valence-electron chi connectivity index (χ2n) is 11.6. The van der Waals surface area contributed by atoms with Crippen LogP contribution >= 0.6 is 11.6 Å². The highest BCUT2D eigenvalue weighted by molar-refractivity contribution is 7.91. The van der Waals surface area contributed by atoms with E-state index in [1.807, 2.05) is 60.7 Å². The van der Waals surface area contributed by atoms with Crippen molar-refractivity contribution in [2.75, 3.05) is 19.4 Å². The molecule has 0 spiro atoms. The van der Waals surface area contributed by atoms with Crippen LogP contribution in [-0.4, -0.2) is 38.4 Å². The first kappa shape index (κ1) is 33.6. The summed E-state index contributed by atoms with van der Waals surface area (Å²) in [7, 11) is -2.39. The lowest BCUT2D eigenvalue weighted by molar-refractivity contribution is 0.0600. The number of methoxy groups -OCH3 is 1. The van der Waals surface area contributed by atoms with Crippen LogP contribution in [0.5, 0.6) is 0 Å². The maximum atomic E-state index is 13.8. The van der Waals surface area contributed by atoms with Gasteiger partial charge < -0.3 is 9.30 Å². The molecule has 6 aromatic rings. The highest BCUT2D eigenvalue weighted by atomic mass is 35.5.